The van der Waals surface area contributed by atoms with Crippen LogP contribution >= 0.6 is 0 Å². The van der Waals surface area contributed by atoms with E-state index in [2.05, 4.69) is 11.9 Å². The van der Waals surface area contributed by atoms with Crippen molar-refractivity contribution in [2.75, 3.05) is 13.2 Å². The Balaban J connectivity index is 3.35. The molecule has 0 unspecified atom stereocenters. The Labute approximate surface area is 84.3 Å². The summed E-state index contributed by atoms with van der Waals surface area (Å²) in [5.41, 5.74) is 0. The van der Waals surface area contributed by atoms with Crippen molar-refractivity contribution in [3.63, 3.8) is 0 Å². The predicted molar refractivity (Wildman–Crippen MR) is 53.7 cm³/mol. The molecule has 0 rings (SSSR count). The van der Waals surface area contributed by atoms with E-state index in [0.717, 1.165) is 12.8 Å². The van der Waals surface area contributed by atoms with Gasteiger partial charge in [-0.1, -0.05) is 19.9 Å². The molecule has 4 nitrogen and oxygen atoms in total. The molecule has 4 heteroatoms. The molecule has 0 aromatic heterocycles. The SMILES string of the molecule is C=CC(=O)NCCC(=O)OCCCC. The number of esters is 1. The van der Waals surface area contributed by atoms with Gasteiger partial charge in [0.2, 0.25) is 5.91 Å². The van der Waals surface area contributed by atoms with Crippen LogP contribution < -0.4 is 5.32 Å². The van der Waals surface area contributed by atoms with Crippen LogP contribution in [0.15, 0.2) is 12.7 Å². The number of amides is 1. The highest BCUT2D eigenvalue weighted by Gasteiger charge is 2.02. The number of unbranched alkanes of at least 4 members (excludes halogenated alkanes) is 1. The summed E-state index contributed by atoms with van der Waals surface area (Å²) in [5, 5.41) is 2.50. The highest BCUT2D eigenvalue weighted by Crippen LogP contribution is 1.91. The molecule has 0 atom stereocenters. The van der Waals surface area contributed by atoms with E-state index < -0.39 is 0 Å². The Bertz CT molecular complexity index is 202. The molecule has 0 aliphatic heterocycles. The molecule has 0 aliphatic carbocycles. The van der Waals surface area contributed by atoms with Gasteiger partial charge in [0, 0.05) is 6.54 Å². The maximum absolute atomic E-state index is 11.0. The molecule has 0 aliphatic rings. The molecular formula is C10H17NO3. The Hall–Kier alpha value is -1.32. The number of carbonyl (C=O) groups excluding carboxylic acids is 2. The van der Waals surface area contributed by atoms with Crippen LogP contribution in [0.4, 0.5) is 0 Å². The average molecular weight is 199 g/mol. The lowest BCUT2D eigenvalue weighted by molar-refractivity contribution is -0.143. The molecule has 1 amide bonds. The van der Waals surface area contributed by atoms with Gasteiger partial charge in [-0.3, -0.25) is 9.59 Å². The van der Waals surface area contributed by atoms with E-state index >= 15 is 0 Å². The van der Waals surface area contributed by atoms with Crippen LogP contribution in [0.2, 0.25) is 0 Å². The highest BCUT2D eigenvalue weighted by molar-refractivity contribution is 5.87. The minimum Gasteiger partial charge on any atom is -0.466 e. The van der Waals surface area contributed by atoms with E-state index in [4.69, 9.17) is 4.74 Å². The first kappa shape index (κ1) is 12.7. The molecule has 14 heavy (non-hydrogen) atoms. The molecule has 0 saturated heterocycles. The molecule has 0 heterocycles. The van der Waals surface area contributed by atoms with Gasteiger partial charge in [-0.05, 0) is 12.5 Å². The molecule has 0 saturated carbocycles. The summed E-state index contributed by atoms with van der Waals surface area (Å²) < 4.78 is 4.88. The second-order valence-corrected chi connectivity index (χ2v) is 2.82. The lowest BCUT2D eigenvalue weighted by atomic mass is 10.3. The second kappa shape index (κ2) is 8.29. The fourth-order valence-corrected chi connectivity index (χ4v) is 0.762. The summed E-state index contributed by atoms with van der Waals surface area (Å²) in [5.74, 6) is -0.547. The third-order valence-corrected chi connectivity index (χ3v) is 1.57. The van der Waals surface area contributed by atoms with Gasteiger partial charge in [-0.15, -0.1) is 0 Å². The first-order valence-corrected chi connectivity index (χ1v) is 4.76. The molecule has 1 N–H and O–H groups in total. The Morgan fingerprint density at radius 1 is 1.50 bits per heavy atom. The average Bonchev–Trinajstić information content (AvgIpc) is 2.18. The first-order chi connectivity index (χ1) is 6.70. The van der Waals surface area contributed by atoms with E-state index in [1.54, 1.807) is 0 Å². The molecule has 0 radical (unpaired) electrons. The summed E-state index contributed by atoms with van der Waals surface area (Å²) in [4.78, 5) is 21.7. The maximum Gasteiger partial charge on any atom is 0.307 e. The third-order valence-electron chi connectivity index (χ3n) is 1.57. The van der Waals surface area contributed by atoms with E-state index in [1.807, 2.05) is 6.92 Å². The van der Waals surface area contributed by atoms with Gasteiger partial charge in [0.25, 0.3) is 0 Å². The van der Waals surface area contributed by atoms with Crippen molar-refractivity contribution in [2.45, 2.75) is 26.2 Å². The van der Waals surface area contributed by atoms with E-state index in [0.29, 0.717) is 13.2 Å². The normalized spacial score (nSPS) is 9.21. The third kappa shape index (κ3) is 7.34. The zero-order chi connectivity index (χ0) is 10.8. The van der Waals surface area contributed by atoms with Crippen LogP contribution in [0.5, 0.6) is 0 Å². The van der Waals surface area contributed by atoms with E-state index in [-0.39, 0.29) is 18.3 Å². The Morgan fingerprint density at radius 2 is 2.21 bits per heavy atom. The van der Waals surface area contributed by atoms with Crippen LogP contribution in [0, 0.1) is 0 Å². The second-order valence-electron chi connectivity index (χ2n) is 2.82. The van der Waals surface area contributed by atoms with Crippen molar-refractivity contribution in [1.82, 2.24) is 5.32 Å². The van der Waals surface area contributed by atoms with Crippen LogP contribution in [0.25, 0.3) is 0 Å². The van der Waals surface area contributed by atoms with Gasteiger partial charge in [0.15, 0.2) is 0 Å². The zero-order valence-electron chi connectivity index (χ0n) is 8.54. The number of carbonyl (C=O) groups is 2. The van der Waals surface area contributed by atoms with Gasteiger partial charge < -0.3 is 10.1 Å². The van der Waals surface area contributed by atoms with Gasteiger partial charge in [0.05, 0.1) is 13.0 Å². The van der Waals surface area contributed by atoms with Crippen LogP contribution in [-0.2, 0) is 14.3 Å². The quantitative estimate of drug-likeness (QED) is 0.378. The molecule has 0 aromatic carbocycles. The lowest BCUT2D eigenvalue weighted by Crippen LogP contribution is -2.24. The summed E-state index contributed by atoms with van der Waals surface area (Å²) >= 11 is 0. The fraction of sp³-hybridized carbons (Fsp3) is 0.600. The Kier molecular flexibility index (Phi) is 7.50. The molecular weight excluding hydrogens is 182 g/mol. The minimum absolute atomic E-state index is 0.212. The standard InChI is InChI=1S/C10H17NO3/c1-3-5-8-14-10(13)6-7-11-9(12)4-2/h4H,2-3,5-8H2,1H3,(H,11,12). The van der Waals surface area contributed by atoms with Gasteiger partial charge in [0.1, 0.15) is 0 Å². The highest BCUT2D eigenvalue weighted by atomic mass is 16.5. The largest absolute Gasteiger partial charge is 0.466 e. The summed E-state index contributed by atoms with van der Waals surface area (Å²) in [6.07, 6.45) is 3.26. The number of nitrogens with one attached hydrogen (secondary N) is 1. The number of hydrogen-bond donors (Lipinski definition) is 1. The maximum atomic E-state index is 11.0. The van der Waals surface area contributed by atoms with Crippen molar-refractivity contribution in [3.8, 4) is 0 Å². The van der Waals surface area contributed by atoms with Gasteiger partial charge in [-0.2, -0.15) is 0 Å². The number of ether oxygens (including phenoxy) is 1. The van der Waals surface area contributed by atoms with Crippen molar-refractivity contribution in [1.29, 1.82) is 0 Å². The summed E-state index contributed by atoms with van der Waals surface area (Å²) in [6.45, 7) is 6.08. The molecule has 0 fully saturated rings. The van der Waals surface area contributed by atoms with Gasteiger partial charge in [-0.25, -0.2) is 0 Å². The van der Waals surface area contributed by atoms with Crippen molar-refractivity contribution in [3.05, 3.63) is 12.7 Å². The molecule has 80 valence electrons. The van der Waals surface area contributed by atoms with Crippen LogP contribution in [0.1, 0.15) is 26.2 Å². The lowest BCUT2D eigenvalue weighted by Gasteiger charge is -2.03. The zero-order valence-corrected chi connectivity index (χ0v) is 8.54. The van der Waals surface area contributed by atoms with Crippen LogP contribution in [0.3, 0.4) is 0 Å². The monoisotopic (exact) mass is 199 g/mol. The summed E-state index contributed by atoms with van der Waals surface area (Å²) in [7, 11) is 0. The van der Waals surface area contributed by atoms with E-state index in [9.17, 15) is 9.59 Å². The summed E-state index contributed by atoms with van der Waals surface area (Å²) in [6, 6.07) is 0. The van der Waals surface area contributed by atoms with Gasteiger partial charge >= 0.3 is 5.97 Å². The van der Waals surface area contributed by atoms with Crippen molar-refractivity contribution >= 4 is 11.9 Å². The number of rotatable bonds is 7. The fourth-order valence-electron chi connectivity index (χ4n) is 0.762. The smallest absolute Gasteiger partial charge is 0.307 e. The predicted octanol–water partition coefficient (Wildman–Crippen LogP) is 1.02. The molecule has 0 aromatic rings. The number of hydrogen-bond acceptors (Lipinski definition) is 3. The minimum atomic E-state index is -0.275. The Morgan fingerprint density at radius 3 is 2.79 bits per heavy atom. The molecule has 0 spiro atoms. The topological polar surface area (TPSA) is 55.4 Å². The molecule has 0 bridgehead atoms. The van der Waals surface area contributed by atoms with E-state index in [1.165, 1.54) is 6.08 Å². The van der Waals surface area contributed by atoms with Crippen molar-refractivity contribution < 1.29 is 14.3 Å². The van der Waals surface area contributed by atoms with Crippen LogP contribution in [-0.4, -0.2) is 25.0 Å². The first-order valence-electron chi connectivity index (χ1n) is 4.76. The van der Waals surface area contributed by atoms with Crippen molar-refractivity contribution in [2.24, 2.45) is 0 Å².